The van der Waals surface area contributed by atoms with Gasteiger partial charge >= 0.3 is 0 Å². The number of ether oxygens (including phenoxy) is 2. The highest BCUT2D eigenvalue weighted by Gasteiger charge is 2.43. The molecule has 0 radical (unpaired) electrons. The summed E-state index contributed by atoms with van der Waals surface area (Å²) in [4.78, 5) is 29.2. The smallest absolute Gasteiger partial charge is 0.250 e. The summed E-state index contributed by atoms with van der Waals surface area (Å²) in [5.41, 5.74) is 1.42. The third-order valence-corrected chi connectivity index (χ3v) is 5.05. The van der Waals surface area contributed by atoms with E-state index in [1.165, 1.54) is 0 Å². The minimum atomic E-state index is -0.967. The second-order valence-corrected chi connectivity index (χ2v) is 7.62. The third-order valence-electron chi connectivity index (χ3n) is 5.05. The molecule has 146 valence electrons. The molecule has 0 aliphatic carbocycles. The van der Waals surface area contributed by atoms with E-state index < -0.39 is 5.54 Å². The largest absolute Gasteiger partial charge is 0.454 e. The first-order valence-corrected chi connectivity index (χ1v) is 9.17. The third kappa shape index (κ3) is 3.18. The first-order chi connectivity index (χ1) is 13.4. The van der Waals surface area contributed by atoms with Crippen LogP contribution in [0.2, 0.25) is 0 Å². The molecule has 7 heteroatoms. The van der Waals surface area contributed by atoms with Crippen molar-refractivity contribution in [2.24, 2.45) is 0 Å². The van der Waals surface area contributed by atoms with Gasteiger partial charge in [0.05, 0.1) is 17.9 Å². The van der Waals surface area contributed by atoms with Gasteiger partial charge in [0.15, 0.2) is 11.5 Å². The highest BCUT2D eigenvalue weighted by atomic mass is 16.7. The maximum atomic E-state index is 13.2. The molecule has 2 heterocycles. The Hall–Kier alpha value is -3.06. The highest BCUT2D eigenvalue weighted by molar-refractivity contribution is 6.14. The molecular formula is C21H23N3O4. The van der Waals surface area contributed by atoms with E-state index in [1.807, 2.05) is 48.3 Å². The van der Waals surface area contributed by atoms with Gasteiger partial charge in [0.2, 0.25) is 18.6 Å². The molecule has 2 aliphatic heterocycles. The SMILES string of the molecule is CN(CC(=O)N1c2ccccc2NC(=O)C1(C)C)Cc1ccc2c(c1)OCO2. The Morgan fingerprint density at radius 2 is 1.93 bits per heavy atom. The lowest BCUT2D eigenvalue weighted by molar-refractivity contribution is -0.127. The number of nitrogens with zero attached hydrogens (tertiary/aromatic N) is 2. The molecule has 0 saturated heterocycles. The van der Waals surface area contributed by atoms with Crippen LogP contribution in [0.25, 0.3) is 0 Å². The average molecular weight is 381 g/mol. The molecule has 28 heavy (non-hydrogen) atoms. The van der Waals surface area contributed by atoms with Crippen molar-refractivity contribution in [2.75, 3.05) is 30.6 Å². The van der Waals surface area contributed by atoms with Gasteiger partial charge in [-0.3, -0.25) is 19.4 Å². The standard InChI is InChI=1S/C21H23N3O4/c1-21(2)20(26)22-15-6-4-5-7-16(15)24(21)19(25)12-23(3)11-14-8-9-17-18(10-14)28-13-27-17/h4-10H,11-13H2,1-3H3,(H,22,26). The van der Waals surface area contributed by atoms with Gasteiger partial charge in [-0.2, -0.15) is 0 Å². The molecule has 2 aliphatic rings. The number of likely N-dealkylation sites (N-methyl/N-ethyl adjacent to an activating group) is 1. The zero-order valence-electron chi connectivity index (χ0n) is 16.2. The summed E-state index contributed by atoms with van der Waals surface area (Å²) in [7, 11) is 1.88. The van der Waals surface area contributed by atoms with Gasteiger partial charge in [0, 0.05) is 6.54 Å². The fourth-order valence-electron chi connectivity index (χ4n) is 3.61. The number of nitrogens with one attached hydrogen (secondary N) is 1. The normalized spacial score (nSPS) is 16.7. The lowest BCUT2D eigenvalue weighted by Crippen LogP contribution is -2.60. The summed E-state index contributed by atoms with van der Waals surface area (Å²) >= 11 is 0. The monoisotopic (exact) mass is 381 g/mol. The van der Waals surface area contributed by atoms with Crippen molar-refractivity contribution in [3.05, 3.63) is 48.0 Å². The Balaban J connectivity index is 1.51. The number of carbonyl (C=O) groups excluding carboxylic acids is 2. The zero-order valence-corrected chi connectivity index (χ0v) is 16.2. The molecule has 0 saturated carbocycles. The number of rotatable bonds is 4. The van der Waals surface area contributed by atoms with Gasteiger partial charge in [-0.05, 0) is 50.7 Å². The summed E-state index contributed by atoms with van der Waals surface area (Å²) in [6.07, 6.45) is 0. The fourth-order valence-corrected chi connectivity index (χ4v) is 3.61. The second-order valence-electron chi connectivity index (χ2n) is 7.62. The Morgan fingerprint density at radius 1 is 1.18 bits per heavy atom. The summed E-state index contributed by atoms with van der Waals surface area (Å²) in [5, 5.41) is 2.88. The van der Waals surface area contributed by atoms with Crippen LogP contribution in [0.15, 0.2) is 42.5 Å². The number of hydrogen-bond donors (Lipinski definition) is 1. The van der Waals surface area contributed by atoms with Crippen LogP contribution in [-0.2, 0) is 16.1 Å². The quantitative estimate of drug-likeness (QED) is 0.882. The predicted octanol–water partition coefficient (Wildman–Crippen LogP) is 2.61. The number of carbonyl (C=O) groups is 2. The molecule has 0 spiro atoms. The zero-order chi connectivity index (χ0) is 19.9. The minimum Gasteiger partial charge on any atom is -0.454 e. The van der Waals surface area contributed by atoms with Crippen LogP contribution < -0.4 is 19.7 Å². The summed E-state index contributed by atoms with van der Waals surface area (Å²) in [5.74, 6) is 1.13. The molecule has 2 amide bonds. The van der Waals surface area contributed by atoms with Crippen molar-refractivity contribution >= 4 is 23.2 Å². The van der Waals surface area contributed by atoms with E-state index in [0.29, 0.717) is 17.9 Å². The summed E-state index contributed by atoms with van der Waals surface area (Å²) in [6, 6.07) is 13.1. The van der Waals surface area contributed by atoms with Crippen LogP contribution in [0.3, 0.4) is 0 Å². The number of para-hydroxylation sites is 2. The van der Waals surface area contributed by atoms with E-state index in [1.54, 1.807) is 24.8 Å². The predicted molar refractivity (Wildman–Crippen MR) is 106 cm³/mol. The molecule has 2 aromatic rings. The van der Waals surface area contributed by atoms with E-state index in [9.17, 15) is 9.59 Å². The molecule has 2 aromatic carbocycles. The van der Waals surface area contributed by atoms with E-state index in [0.717, 1.165) is 17.1 Å². The van der Waals surface area contributed by atoms with Crippen molar-refractivity contribution < 1.29 is 19.1 Å². The molecular weight excluding hydrogens is 358 g/mol. The fraction of sp³-hybridized carbons (Fsp3) is 0.333. The Labute approximate surface area is 163 Å². The van der Waals surface area contributed by atoms with E-state index in [-0.39, 0.29) is 25.2 Å². The Morgan fingerprint density at radius 3 is 2.75 bits per heavy atom. The van der Waals surface area contributed by atoms with E-state index >= 15 is 0 Å². The number of anilines is 2. The van der Waals surface area contributed by atoms with Crippen molar-refractivity contribution in [1.82, 2.24) is 4.90 Å². The van der Waals surface area contributed by atoms with Gasteiger partial charge < -0.3 is 14.8 Å². The number of amides is 2. The van der Waals surface area contributed by atoms with Crippen molar-refractivity contribution in [3.63, 3.8) is 0 Å². The summed E-state index contributed by atoms with van der Waals surface area (Å²) in [6.45, 7) is 4.50. The molecule has 0 unspecified atom stereocenters. The van der Waals surface area contributed by atoms with Gasteiger partial charge in [-0.25, -0.2) is 0 Å². The van der Waals surface area contributed by atoms with Crippen molar-refractivity contribution in [3.8, 4) is 11.5 Å². The highest BCUT2D eigenvalue weighted by Crippen LogP contribution is 2.37. The van der Waals surface area contributed by atoms with Crippen molar-refractivity contribution in [1.29, 1.82) is 0 Å². The molecule has 1 N–H and O–H groups in total. The van der Waals surface area contributed by atoms with Crippen LogP contribution in [0.1, 0.15) is 19.4 Å². The van der Waals surface area contributed by atoms with Gasteiger partial charge in [-0.1, -0.05) is 18.2 Å². The van der Waals surface area contributed by atoms with Gasteiger partial charge in [0.1, 0.15) is 5.54 Å². The minimum absolute atomic E-state index is 0.129. The van der Waals surface area contributed by atoms with E-state index in [2.05, 4.69) is 5.32 Å². The van der Waals surface area contributed by atoms with Crippen LogP contribution in [0.4, 0.5) is 11.4 Å². The first kappa shape index (κ1) is 18.3. The van der Waals surface area contributed by atoms with Crippen LogP contribution in [0.5, 0.6) is 11.5 Å². The maximum Gasteiger partial charge on any atom is 0.250 e. The number of fused-ring (bicyclic) bond motifs is 2. The van der Waals surface area contributed by atoms with E-state index in [4.69, 9.17) is 9.47 Å². The molecule has 0 bridgehead atoms. The van der Waals surface area contributed by atoms with Gasteiger partial charge in [-0.15, -0.1) is 0 Å². The van der Waals surface area contributed by atoms with Gasteiger partial charge in [0.25, 0.3) is 0 Å². The first-order valence-electron chi connectivity index (χ1n) is 9.17. The topological polar surface area (TPSA) is 71.1 Å². The molecule has 0 atom stereocenters. The lowest BCUT2D eigenvalue weighted by Gasteiger charge is -2.42. The molecule has 0 fully saturated rings. The molecule has 4 rings (SSSR count). The number of hydrogen-bond acceptors (Lipinski definition) is 5. The Kier molecular flexibility index (Phi) is 4.47. The Bertz CT molecular complexity index is 941. The summed E-state index contributed by atoms with van der Waals surface area (Å²) < 4.78 is 10.7. The van der Waals surface area contributed by atoms with Crippen LogP contribution >= 0.6 is 0 Å². The molecule has 7 nitrogen and oxygen atoms in total. The number of benzene rings is 2. The van der Waals surface area contributed by atoms with Crippen LogP contribution in [0, 0.1) is 0 Å². The molecule has 0 aromatic heterocycles. The average Bonchev–Trinajstić information content (AvgIpc) is 3.10. The maximum absolute atomic E-state index is 13.2. The second kappa shape index (κ2) is 6.83. The van der Waals surface area contributed by atoms with Crippen molar-refractivity contribution in [2.45, 2.75) is 25.9 Å². The van der Waals surface area contributed by atoms with Crippen LogP contribution in [-0.4, -0.2) is 42.6 Å². The lowest BCUT2D eigenvalue weighted by atomic mass is 9.96.